The van der Waals surface area contributed by atoms with E-state index in [-0.39, 0.29) is 23.1 Å². The van der Waals surface area contributed by atoms with Crippen LogP contribution in [-0.4, -0.2) is 16.1 Å². The molecule has 0 aliphatic heterocycles. The zero-order chi connectivity index (χ0) is 15.6. The van der Waals surface area contributed by atoms with Gasteiger partial charge in [-0.2, -0.15) is 0 Å². The molecule has 0 saturated carbocycles. The third-order valence-electron chi connectivity index (χ3n) is 3.10. The van der Waals surface area contributed by atoms with Gasteiger partial charge in [-0.15, -0.1) is 0 Å². The van der Waals surface area contributed by atoms with Gasteiger partial charge < -0.3 is 21.3 Å². The molecule has 2 rings (SSSR count). The average molecular weight is 290 g/mol. The van der Waals surface area contributed by atoms with Crippen LogP contribution in [0.3, 0.4) is 0 Å². The first kappa shape index (κ1) is 14.6. The predicted octanol–water partition coefficient (Wildman–Crippen LogP) is 2.51. The van der Waals surface area contributed by atoms with E-state index in [0.717, 1.165) is 6.07 Å². The Morgan fingerprint density at radius 2 is 1.95 bits per heavy atom. The molecule has 2 aromatic rings. The number of primary amides is 1. The van der Waals surface area contributed by atoms with Gasteiger partial charge in [0.05, 0.1) is 11.6 Å². The molecule has 110 valence electrons. The smallest absolute Gasteiger partial charge is 0.251 e. The summed E-state index contributed by atoms with van der Waals surface area (Å²) in [5.74, 6) is -1.64. The van der Waals surface area contributed by atoms with E-state index < -0.39 is 11.7 Å². The van der Waals surface area contributed by atoms with Crippen LogP contribution in [0.1, 0.15) is 28.9 Å². The molecule has 0 saturated heterocycles. The molecule has 0 heterocycles. The van der Waals surface area contributed by atoms with E-state index in [4.69, 9.17) is 5.73 Å². The van der Waals surface area contributed by atoms with E-state index in [1.165, 1.54) is 24.3 Å². The Labute approximate surface area is 120 Å². The Morgan fingerprint density at radius 3 is 2.57 bits per heavy atom. The number of phenolic OH excluding ortho intramolecular Hbond substituents is 2. The molecular formula is C15H15FN2O3. The zero-order valence-electron chi connectivity index (χ0n) is 11.3. The van der Waals surface area contributed by atoms with E-state index in [2.05, 4.69) is 5.32 Å². The van der Waals surface area contributed by atoms with Gasteiger partial charge in [-0.25, -0.2) is 4.39 Å². The van der Waals surface area contributed by atoms with Crippen molar-refractivity contribution in [3.05, 3.63) is 53.3 Å². The Morgan fingerprint density at radius 1 is 1.24 bits per heavy atom. The summed E-state index contributed by atoms with van der Waals surface area (Å²) in [5, 5.41) is 22.1. The lowest BCUT2D eigenvalue weighted by Crippen LogP contribution is -2.14. The molecule has 6 heteroatoms. The van der Waals surface area contributed by atoms with Crippen molar-refractivity contribution in [2.75, 3.05) is 5.32 Å². The molecule has 1 amide bonds. The number of benzene rings is 2. The van der Waals surface area contributed by atoms with Gasteiger partial charge in [0, 0.05) is 17.3 Å². The number of anilines is 1. The summed E-state index contributed by atoms with van der Waals surface area (Å²) in [6.45, 7) is 1.78. The summed E-state index contributed by atoms with van der Waals surface area (Å²) < 4.78 is 13.4. The Hall–Kier alpha value is -2.76. The van der Waals surface area contributed by atoms with Crippen LogP contribution in [0.5, 0.6) is 11.5 Å². The van der Waals surface area contributed by atoms with E-state index in [1.54, 1.807) is 13.0 Å². The van der Waals surface area contributed by atoms with Crippen LogP contribution < -0.4 is 11.1 Å². The number of nitrogens with one attached hydrogen (secondary N) is 1. The largest absolute Gasteiger partial charge is 0.508 e. The highest BCUT2D eigenvalue weighted by atomic mass is 19.1. The molecular weight excluding hydrogens is 275 g/mol. The summed E-state index contributed by atoms with van der Waals surface area (Å²) in [7, 11) is 0. The van der Waals surface area contributed by atoms with Crippen molar-refractivity contribution in [3.8, 4) is 11.5 Å². The molecule has 0 aliphatic carbocycles. The summed E-state index contributed by atoms with van der Waals surface area (Å²) in [4.78, 5) is 11.1. The van der Waals surface area contributed by atoms with Gasteiger partial charge in [-0.1, -0.05) is 0 Å². The molecule has 0 aromatic heterocycles. The molecule has 0 bridgehead atoms. The van der Waals surface area contributed by atoms with E-state index in [9.17, 15) is 19.4 Å². The van der Waals surface area contributed by atoms with Crippen LogP contribution in [0, 0.1) is 5.82 Å². The number of rotatable bonds is 4. The van der Waals surface area contributed by atoms with Crippen molar-refractivity contribution in [3.63, 3.8) is 0 Å². The molecule has 1 unspecified atom stereocenters. The molecule has 0 aliphatic rings. The Balaban J connectivity index is 2.25. The van der Waals surface area contributed by atoms with Crippen LogP contribution in [0.2, 0.25) is 0 Å². The van der Waals surface area contributed by atoms with Crippen molar-refractivity contribution >= 4 is 11.6 Å². The molecule has 21 heavy (non-hydrogen) atoms. The predicted molar refractivity (Wildman–Crippen MR) is 76.7 cm³/mol. The monoisotopic (exact) mass is 290 g/mol. The third kappa shape index (κ3) is 3.22. The molecule has 0 radical (unpaired) electrons. The number of phenols is 2. The summed E-state index contributed by atoms with van der Waals surface area (Å²) >= 11 is 0. The fourth-order valence-corrected chi connectivity index (χ4v) is 2.03. The highest BCUT2D eigenvalue weighted by molar-refractivity contribution is 5.94. The number of hydrogen-bond donors (Lipinski definition) is 4. The maximum Gasteiger partial charge on any atom is 0.251 e. The van der Waals surface area contributed by atoms with E-state index in [1.807, 2.05) is 0 Å². The maximum atomic E-state index is 13.4. The van der Waals surface area contributed by atoms with Crippen LogP contribution in [0.15, 0.2) is 36.4 Å². The lowest BCUT2D eigenvalue weighted by atomic mass is 10.1. The molecule has 0 spiro atoms. The van der Waals surface area contributed by atoms with Gasteiger partial charge in [-0.05, 0) is 37.3 Å². The van der Waals surface area contributed by atoms with Gasteiger partial charge in [0.1, 0.15) is 17.3 Å². The van der Waals surface area contributed by atoms with Crippen molar-refractivity contribution < 1.29 is 19.4 Å². The number of amides is 1. The van der Waals surface area contributed by atoms with Gasteiger partial charge in [0.25, 0.3) is 5.91 Å². The number of nitrogens with two attached hydrogens (primary N) is 1. The first-order valence-corrected chi connectivity index (χ1v) is 6.26. The number of carbonyl (C=O) groups excluding carboxylic acids is 1. The third-order valence-corrected chi connectivity index (χ3v) is 3.10. The highest BCUT2D eigenvalue weighted by Gasteiger charge is 2.13. The first-order valence-electron chi connectivity index (χ1n) is 6.26. The first-order chi connectivity index (χ1) is 9.88. The van der Waals surface area contributed by atoms with Gasteiger partial charge >= 0.3 is 0 Å². The van der Waals surface area contributed by atoms with Gasteiger partial charge in [0.15, 0.2) is 0 Å². The molecule has 0 fully saturated rings. The fraction of sp³-hybridized carbons (Fsp3) is 0.133. The molecule has 2 aromatic carbocycles. The van der Waals surface area contributed by atoms with Crippen molar-refractivity contribution in [1.29, 1.82) is 0 Å². The second-order valence-corrected chi connectivity index (χ2v) is 4.67. The number of hydrogen-bond acceptors (Lipinski definition) is 4. The van der Waals surface area contributed by atoms with Crippen LogP contribution in [0.4, 0.5) is 10.1 Å². The minimum atomic E-state index is -0.851. The van der Waals surface area contributed by atoms with Gasteiger partial charge in [0.2, 0.25) is 0 Å². The van der Waals surface area contributed by atoms with E-state index >= 15 is 0 Å². The summed E-state index contributed by atoms with van der Waals surface area (Å²) in [6.07, 6.45) is 0. The van der Waals surface area contributed by atoms with Crippen molar-refractivity contribution in [2.45, 2.75) is 13.0 Å². The minimum absolute atomic E-state index is 0.0405. The fourth-order valence-electron chi connectivity index (χ4n) is 2.03. The molecule has 1 atom stereocenters. The standard InChI is InChI=1S/C15H15FN2O3/c1-8(11-4-3-10(19)7-14(11)20)18-9-2-5-13(16)12(6-9)15(17)21/h2-8,18-20H,1H3,(H2,17,21). The minimum Gasteiger partial charge on any atom is -0.508 e. The van der Waals surface area contributed by atoms with Gasteiger partial charge in [-0.3, -0.25) is 4.79 Å². The average Bonchev–Trinajstić information content (AvgIpc) is 2.40. The summed E-state index contributed by atoms with van der Waals surface area (Å²) in [5.41, 5.74) is 5.93. The second kappa shape index (κ2) is 5.70. The Kier molecular flexibility index (Phi) is 3.98. The molecule has 5 N–H and O–H groups in total. The van der Waals surface area contributed by atoms with E-state index in [0.29, 0.717) is 11.3 Å². The number of carbonyl (C=O) groups is 1. The molecule has 5 nitrogen and oxygen atoms in total. The van der Waals surface area contributed by atoms with Crippen molar-refractivity contribution in [2.24, 2.45) is 5.73 Å². The topological polar surface area (TPSA) is 95.6 Å². The van der Waals surface area contributed by atoms with Crippen LogP contribution in [0.25, 0.3) is 0 Å². The maximum absolute atomic E-state index is 13.4. The Bertz CT molecular complexity index is 689. The summed E-state index contributed by atoms with van der Waals surface area (Å²) in [6, 6.07) is 7.85. The zero-order valence-corrected chi connectivity index (χ0v) is 11.3. The second-order valence-electron chi connectivity index (χ2n) is 4.67. The number of aromatic hydroxyl groups is 2. The quantitative estimate of drug-likeness (QED) is 0.695. The lowest BCUT2D eigenvalue weighted by Gasteiger charge is -2.17. The number of halogens is 1. The van der Waals surface area contributed by atoms with Crippen LogP contribution >= 0.6 is 0 Å². The normalized spacial score (nSPS) is 11.9. The SMILES string of the molecule is CC(Nc1ccc(F)c(C(N)=O)c1)c1ccc(O)cc1O. The highest BCUT2D eigenvalue weighted by Crippen LogP contribution is 2.30. The van der Waals surface area contributed by atoms with Crippen LogP contribution in [-0.2, 0) is 0 Å². The lowest BCUT2D eigenvalue weighted by molar-refractivity contribution is 0.0996. The van der Waals surface area contributed by atoms with Crippen molar-refractivity contribution in [1.82, 2.24) is 0 Å².